The molecule has 0 aliphatic heterocycles. The Hall–Kier alpha value is -1.57. The van der Waals surface area contributed by atoms with Crippen LogP contribution in [0.1, 0.15) is 31.2 Å². The number of benzene rings is 2. The van der Waals surface area contributed by atoms with Gasteiger partial charge in [0.2, 0.25) is 10.0 Å². The second kappa shape index (κ2) is 9.51. The summed E-state index contributed by atoms with van der Waals surface area (Å²) in [6.45, 7) is 0. The summed E-state index contributed by atoms with van der Waals surface area (Å²) >= 11 is 18.0. The van der Waals surface area contributed by atoms with Gasteiger partial charge in [0.1, 0.15) is 0 Å². The number of hydrogen-bond acceptors (Lipinski definition) is 4. The van der Waals surface area contributed by atoms with Crippen molar-refractivity contribution in [2.75, 3.05) is 5.32 Å². The lowest BCUT2D eigenvalue weighted by Crippen LogP contribution is -2.40. The van der Waals surface area contributed by atoms with E-state index >= 15 is 0 Å². The van der Waals surface area contributed by atoms with Gasteiger partial charge < -0.3 is 5.32 Å². The molecule has 1 aromatic heterocycles. The molecule has 5 nitrogen and oxygen atoms in total. The fourth-order valence-corrected chi connectivity index (χ4v) is 6.20. The fraction of sp³-hybridized carbons (Fsp3) is 0.318. The molecule has 9 heteroatoms. The summed E-state index contributed by atoms with van der Waals surface area (Å²) in [7, 11) is -3.49. The van der Waals surface area contributed by atoms with E-state index in [-0.39, 0.29) is 17.8 Å². The van der Waals surface area contributed by atoms with E-state index in [1.165, 1.54) is 0 Å². The van der Waals surface area contributed by atoms with Gasteiger partial charge in [-0.3, -0.25) is 4.98 Å². The minimum absolute atomic E-state index is 0.0781. The van der Waals surface area contributed by atoms with Gasteiger partial charge in [-0.1, -0.05) is 34.8 Å². The first kappa shape index (κ1) is 22.6. The number of nitrogens with zero attached hydrogens (tertiary/aromatic N) is 1. The Kier molecular flexibility index (Phi) is 6.94. The molecule has 164 valence electrons. The summed E-state index contributed by atoms with van der Waals surface area (Å²) in [5.74, 6) is -0.142. The molecule has 0 spiro atoms. The molecule has 0 bridgehead atoms. The van der Waals surface area contributed by atoms with Crippen LogP contribution in [0.15, 0.2) is 48.7 Å². The van der Waals surface area contributed by atoms with Crippen molar-refractivity contribution >= 4 is 61.4 Å². The Morgan fingerprint density at radius 3 is 2.26 bits per heavy atom. The quantitative estimate of drug-likeness (QED) is 0.435. The first-order valence-electron chi connectivity index (χ1n) is 10.0. The SMILES string of the molecule is O=S(=O)(Cc1cc(Cl)cc(Cl)c1)NC1CCC(Nc2ccnc3cc(Cl)ccc23)CC1. The first-order valence-corrected chi connectivity index (χ1v) is 12.8. The number of nitrogens with one attached hydrogen (secondary N) is 2. The third-order valence-electron chi connectivity index (χ3n) is 5.42. The number of halogens is 3. The summed E-state index contributed by atoms with van der Waals surface area (Å²) in [6.07, 6.45) is 5.04. The maximum atomic E-state index is 12.6. The second-order valence-electron chi connectivity index (χ2n) is 7.87. The van der Waals surface area contributed by atoms with Crippen LogP contribution in [0, 0.1) is 0 Å². The summed E-state index contributed by atoms with van der Waals surface area (Å²) in [6, 6.07) is 12.7. The van der Waals surface area contributed by atoms with Crippen LogP contribution in [0.25, 0.3) is 10.9 Å². The number of aromatic nitrogens is 1. The zero-order valence-electron chi connectivity index (χ0n) is 16.6. The van der Waals surface area contributed by atoms with Gasteiger partial charge in [-0.25, -0.2) is 13.1 Å². The van der Waals surface area contributed by atoms with E-state index in [1.807, 2.05) is 24.3 Å². The van der Waals surface area contributed by atoms with Gasteiger partial charge in [-0.15, -0.1) is 0 Å². The highest BCUT2D eigenvalue weighted by molar-refractivity contribution is 7.88. The van der Waals surface area contributed by atoms with Crippen molar-refractivity contribution in [1.29, 1.82) is 0 Å². The van der Waals surface area contributed by atoms with E-state index in [4.69, 9.17) is 34.8 Å². The molecule has 3 aromatic rings. The van der Waals surface area contributed by atoms with E-state index in [2.05, 4.69) is 15.0 Å². The maximum Gasteiger partial charge on any atom is 0.216 e. The molecule has 0 radical (unpaired) electrons. The predicted molar refractivity (Wildman–Crippen MR) is 129 cm³/mol. The fourth-order valence-electron chi connectivity index (χ4n) is 4.03. The second-order valence-corrected chi connectivity index (χ2v) is 10.9. The van der Waals surface area contributed by atoms with Gasteiger partial charge in [0.25, 0.3) is 0 Å². The van der Waals surface area contributed by atoms with E-state index in [0.29, 0.717) is 20.6 Å². The zero-order valence-corrected chi connectivity index (χ0v) is 19.7. The number of rotatable bonds is 6. The number of sulfonamides is 1. The van der Waals surface area contributed by atoms with Crippen LogP contribution in [-0.2, 0) is 15.8 Å². The van der Waals surface area contributed by atoms with E-state index < -0.39 is 10.0 Å². The third kappa shape index (κ3) is 6.02. The van der Waals surface area contributed by atoms with Crippen LogP contribution < -0.4 is 10.0 Å². The Labute approximate surface area is 197 Å². The van der Waals surface area contributed by atoms with Gasteiger partial charge in [0.15, 0.2) is 0 Å². The Morgan fingerprint density at radius 1 is 0.871 bits per heavy atom. The highest BCUT2D eigenvalue weighted by Crippen LogP contribution is 2.28. The molecular weight excluding hydrogens is 477 g/mol. The van der Waals surface area contributed by atoms with Crippen LogP contribution in [0.5, 0.6) is 0 Å². The molecule has 1 aliphatic rings. The molecule has 1 fully saturated rings. The van der Waals surface area contributed by atoms with Crippen LogP contribution in [-0.4, -0.2) is 25.5 Å². The van der Waals surface area contributed by atoms with E-state index in [9.17, 15) is 8.42 Å². The van der Waals surface area contributed by atoms with Crippen molar-refractivity contribution in [1.82, 2.24) is 9.71 Å². The van der Waals surface area contributed by atoms with Gasteiger partial charge in [0, 0.05) is 44.4 Å². The van der Waals surface area contributed by atoms with Crippen LogP contribution in [0.2, 0.25) is 15.1 Å². The van der Waals surface area contributed by atoms with Crippen LogP contribution in [0.4, 0.5) is 5.69 Å². The molecule has 1 saturated carbocycles. The third-order valence-corrected chi connectivity index (χ3v) is 7.49. The van der Waals surface area contributed by atoms with Crippen molar-refractivity contribution in [3.63, 3.8) is 0 Å². The maximum absolute atomic E-state index is 12.6. The minimum Gasteiger partial charge on any atom is -0.382 e. The topological polar surface area (TPSA) is 71.1 Å². The van der Waals surface area contributed by atoms with E-state index in [1.54, 1.807) is 24.4 Å². The van der Waals surface area contributed by atoms with Crippen molar-refractivity contribution in [2.24, 2.45) is 0 Å². The largest absolute Gasteiger partial charge is 0.382 e. The minimum atomic E-state index is -3.49. The summed E-state index contributed by atoms with van der Waals surface area (Å²) in [5.41, 5.74) is 2.44. The number of anilines is 1. The van der Waals surface area contributed by atoms with Gasteiger partial charge >= 0.3 is 0 Å². The van der Waals surface area contributed by atoms with E-state index in [0.717, 1.165) is 42.3 Å². The summed E-state index contributed by atoms with van der Waals surface area (Å²) in [4.78, 5) is 4.38. The zero-order chi connectivity index (χ0) is 22.0. The Balaban J connectivity index is 1.34. The molecule has 1 heterocycles. The highest BCUT2D eigenvalue weighted by Gasteiger charge is 2.25. The molecule has 2 N–H and O–H groups in total. The Bertz CT molecular complexity index is 1180. The number of fused-ring (bicyclic) bond motifs is 1. The summed E-state index contributed by atoms with van der Waals surface area (Å²) < 4.78 is 28.0. The average Bonchev–Trinajstić information content (AvgIpc) is 2.68. The van der Waals surface area contributed by atoms with Crippen molar-refractivity contribution < 1.29 is 8.42 Å². The molecule has 0 unspecified atom stereocenters. The molecule has 0 saturated heterocycles. The van der Waals surface area contributed by atoms with Crippen LogP contribution >= 0.6 is 34.8 Å². The Morgan fingerprint density at radius 2 is 1.55 bits per heavy atom. The molecule has 31 heavy (non-hydrogen) atoms. The monoisotopic (exact) mass is 497 g/mol. The molecule has 0 amide bonds. The molecule has 1 aliphatic carbocycles. The van der Waals surface area contributed by atoms with Gasteiger partial charge in [-0.2, -0.15) is 0 Å². The summed E-state index contributed by atoms with van der Waals surface area (Å²) in [5, 5.41) is 6.12. The van der Waals surface area contributed by atoms with Crippen molar-refractivity contribution in [3.05, 3.63) is 69.3 Å². The number of hydrogen-bond donors (Lipinski definition) is 2. The molecular formula is C22H22Cl3N3O2S. The number of pyridine rings is 1. The van der Waals surface area contributed by atoms with Crippen LogP contribution in [0.3, 0.4) is 0 Å². The molecule has 0 atom stereocenters. The standard InChI is InChI=1S/C22H22Cl3N3O2S/c23-15-1-6-20-21(7-8-26-22(20)12-15)27-18-2-4-19(5-3-18)28-31(29,30)13-14-9-16(24)11-17(25)10-14/h1,6-12,18-19,28H,2-5,13H2,(H,26,27). The van der Waals surface area contributed by atoms with Gasteiger partial charge in [-0.05, 0) is 73.7 Å². The smallest absolute Gasteiger partial charge is 0.216 e. The lowest BCUT2D eigenvalue weighted by atomic mass is 9.91. The first-order chi connectivity index (χ1) is 14.8. The lowest BCUT2D eigenvalue weighted by Gasteiger charge is -2.30. The highest BCUT2D eigenvalue weighted by atomic mass is 35.5. The van der Waals surface area contributed by atoms with Crippen molar-refractivity contribution in [3.8, 4) is 0 Å². The lowest BCUT2D eigenvalue weighted by molar-refractivity contribution is 0.387. The molecule has 2 aromatic carbocycles. The molecule has 4 rings (SSSR count). The predicted octanol–water partition coefficient (Wildman–Crippen LogP) is 6.04. The van der Waals surface area contributed by atoms with Crippen molar-refractivity contribution in [2.45, 2.75) is 43.5 Å². The normalized spacial score (nSPS) is 19.5. The van der Waals surface area contributed by atoms with Gasteiger partial charge in [0.05, 0.1) is 11.3 Å². The average molecular weight is 499 g/mol.